The smallest absolute Gasteiger partial charge is 0.416 e. The Bertz CT molecular complexity index is 1090. The predicted molar refractivity (Wildman–Crippen MR) is 109 cm³/mol. The zero-order chi connectivity index (χ0) is 22.4. The fourth-order valence-electron chi connectivity index (χ4n) is 4.18. The van der Waals surface area contributed by atoms with Crippen molar-refractivity contribution in [2.75, 3.05) is 23.0 Å². The zero-order valence-electron chi connectivity index (χ0n) is 16.7. The molecule has 166 valence electrons. The molecule has 2 aromatic rings. The Hall–Kier alpha value is -2.75. The summed E-state index contributed by atoms with van der Waals surface area (Å²) in [5.41, 5.74) is 0.00229. The van der Waals surface area contributed by atoms with Gasteiger partial charge in [0.2, 0.25) is 0 Å². The van der Waals surface area contributed by atoms with Gasteiger partial charge >= 0.3 is 12.2 Å². The highest BCUT2D eigenvalue weighted by molar-refractivity contribution is 7.91. The highest BCUT2D eigenvalue weighted by atomic mass is 32.2. The molecule has 0 radical (unpaired) electrons. The van der Waals surface area contributed by atoms with Gasteiger partial charge in [0.05, 0.1) is 35.8 Å². The second-order valence-electron chi connectivity index (χ2n) is 7.62. The number of carbonyl (C=O) groups is 1. The quantitative estimate of drug-likeness (QED) is 0.646. The normalized spacial score (nSPS) is 22.6. The minimum absolute atomic E-state index is 0.104. The van der Waals surface area contributed by atoms with Gasteiger partial charge in [0.1, 0.15) is 5.75 Å². The topological polar surface area (TPSA) is 66.9 Å². The summed E-state index contributed by atoms with van der Waals surface area (Å²) in [7, 11) is -3.38. The summed E-state index contributed by atoms with van der Waals surface area (Å²) < 4.78 is 69.2. The Morgan fingerprint density at radius 2 is 1.74 bits per heavy atom. The predicted octanol–water partition coefficient (Wildman–Crippen LogP) is 3.71. The zero-order valence-corrected chi connectivity index (χ0v) is 17.5. The minimum Gasteiger partial charge on any atom is -0.494 e. The Morgan fingerprint density at radius 3 is 2.39 bits per heavy atom. The van der Waals surface area contributed by atoms with Gasteiger partial charge in [-0.15, -0.1) is 0 Å². The first-order valence-electron chi connectivity index (χ1n) is 9.78. The number of rotatable bonds is 5. The van der Waals surface area contributed by atoms with Crippen molar-refractivity contribution in [1.29, 1.82) is 0 Å². The average Bonchev–Trinajstić information content (AvgIpc) is 3.13. The van der Waals surface area contributed by atoms with Crippen molar-refractivity contribution in [3.05, 3.63) is 59.7 Å². The van der Waals surface area contributed by atoms with E-state index in [0.717, 1.165) is 12.1 Å². The number of benzene rings is 2. The summed E-state index contributed by atoms with van der Waals surface area (Å²) in [5, 5.41) is 0. The lowest BCUT2D eigenvalue weighted by molar-refractivity contribution is -0.137. The van der Waals surface area contributed by atoms with E-state index in [2.05, 4.69) is 0 Å². The van der Waals surface area contributed by atoms with Gasteiger partial charge in [-0.25, -0.2) is 13.2 Å². The Labute approximate surface area is 178 Å². The number of alkyl halides is 3. The Morgan fingerprint density at radius 1 is 1.06 bits per heavy atom. The van der Waals surface area contributed by atoms with Crippen LogP contribution >= 0.6 is 0 Å². The van der Waals surface area contributed by atoms with Crippen molar-refractivity contribution < 1.29 is 31.1 Å². The van der Waals surface area contributed by atoms with Crippen LogP contribution in [0.1, 0.15) is 18.1 Å². The van der Waals surface area contributed by atoms with E-state index in [-0.39, 0.29) is 18.1 Å². The van der Waals surface area contributed by atoms with Crippen molar-refractivity contribution >= 4 is 21.6 Å². The van der Waals surface area contributed by atoms with Crippen LogP contribution in [0.4, 0.5) is 23.7 Å². The Kier molecular flexibility index (Phi) is 5.36. The molecule has 31 heavy (non-hydrogen) atoms. The number of sulfone groups is 1. The van der Waals surface area contributed by atoms with E-state index in [4.69, 9.17) is 4.74 Å². The van der Waals surface area contributed by atoms with E-state index in [0.29, 0.717) is 23.6 Å². The van der Waals surface area contributed by atoms with E-state index in [9.17, 15) is 26.4 Å². The molecule has 2 aliphatic rings. The van der Waals surface area contributed by atoms with Crippen LogP contribution in [0, 0.1) is 0 Å². The first-order valence-corrected chi connectivity index (χ1v) is 11.6. The number of halogens is 3. The van der Waals surface area contributed by atoms with Gasteiger partial charge in [-0.3, -0.25) is 4.90 Å². The average molecular weight is 454 g/mol. The summed E-state index contributed by atoms with van der Waals surface area (Å²) in [6.07, 6.45) is -4.50. The third kappa shape index (κ3) is 4.21. The second kappa shape index (κ2) is 7.74. The van der Waals surface area contributed by atoms with Crippen molar-refractivity contribution in [3.8, 4) is 5.75 Å². The fraction of sp³-hybridized carbons (Fsp3) is 0.381. The van der Waals surface area contributed by atoms with Gasteiger partial charge in [-0.05, 0) is 48.9 Å². The lowest BCUT2D eigenvalue weighted by atomic mass is 10.1. The molecule has 2 saturated heterocycles. The molecule has 0 aliphatic carbocycles. The molecule has 0 N–H and O–H groups in total. The molecular formula is C21H21F3N2O4S. The molecule has 2 amide bonds. The minimum atomic E-state index is -4.50. The van der Waals surface area contributed by atoms with Gasteiger partial charge in [0.15, 0.2) is 9.84 Å². The number of carbonyl (C=O) groups excluding carboxylic acids is 1. The molecule has 6 nitrogen and oxygen atoms in total. The fourth-order valence-corrected chi connectivity index (χ4v) is 6.13. The maximum Gasteiger partial charge on any atom is 0.416 e. The highest BCUT2D eigenvalue weighted by Crippen LogP contribution is 2.37. The monoisotopic (exact) mass is 454 g/mol. The molecule has 0 bridgehead atoms. The molecule has 10 heteroatoms. The molecule has 4 rings (SSSR count). The van der Waals surface area contributed by atoms with Crippen LogP contribution in [0.25, 0.3) is 0 Å². The molecule has 2 aliphatic heterocycles. The number of hydrogen-bond donors (Lipinski definition) is 0. The van der Waals surface area contributed by atoms with Crippen LogP contribution in [-0.2, 0) is 22.6 Å². The van der Waals surface area contributed by atoms with E-state index >= 15 is 0 Å². The van der Waals surface area contributed by atoms with Crippen LogP contribution in [0.2, 0.25) is 0 Å². The lowest BCUT2D eigenvalue weighted by Crippen LogP contribution is -2.37. The number of anilines is 1. The van der Waals surface area contributed by atoms with Crippen molar-refractivity contribution in [3.63, 3.8) is 0 Å². The van der Waals surface area contributed by atoms with E-state index in [1.807, 2.05) is 6.92 Å². The third-order valence-corrected chi connectivity index (χ3v) is 7.21. The second-order valence-corrected chi connectivity index (χ2v) is 9.77. The van der Waals surface area contributed by atoms with Gasteiger partial charge in [0, 0.05) is 12.2 Å². The summed E-state index contributed by atoms with van der Waals surface area (Å²) in [6.45, 7) is 2.22. The molecule has 2 fully saturated rings. The number of nitrogens with zero attached hydrogens (tertiary/aromatic N) is 2. The summed E-state index contributed by atoms with van der Waals surface area (Å²) in [6, 6.07) is 9.84. The number of ether oxygens (including phenoxy) is 1. The van der Waals surface area contributed by atoms with E-state index in [1.54, 1.807) is 24.3 Å². The number of urea groups is 1. The van der Waals surface area contributed by atoms with E-state index < -0.39 is 39.7 Å². The van der Waals surface area contributed by atoms with Crippen molar-refractivity contribution in [2.24, 2.45) is 0 Å². The van der Waals surface area contributed by atoms with E-state index in [1.165, 1.54) is 21.9 Å². The molecule has 0 spiro atoms. The Balaban J connectivity index is 1.65. The number of fused-ring (bicyclic) bond motifs is 1. The third-order valence-electron chi connectivity index (χ3n) is 5.51. The maximum atomic E-state index is 13.2. The van der Waals surface area contributed by atoms with Crippen LogP contribution < -0.4 is 9.64 Å². The van der Waals surface area contributed by atoms with Crippen molar-refractivity contribution in [2.45, 2.75) is 31.7 Å². The number of amides is 2. The molecule has 2 aromatic carbocycles. The van der Waals surface area contributed by atoms with Crippen LogP contribution in [0.5, 0.6) is 5.75 Å². The molecule has 2 atom stereocenters. The maximum absolute atomic E-state index is 13.2. The SMILES string of the molecule is CCOc1ccc(N2C(=O)N(Cc3cccc(C(F)(F)F)c3)[C@@H]3CS(=O)(=O)C[C@H]32)cc1. The highest BCUT2D eigenvalue weighted by Gasteiger charge is 2.53. The van der Waals surface area contributed by atoms with Crippen LogP contribution in [0.3, 0.4) is 0 Å². The summed E-state index contributed by atoms with van der Waals surface area (Å²) in [4.78, 5) is 16.0. The molecular weight excluding hydrogens is 433 g/mol. The van der Waals surface area contributed by atoms with Gasteiger partial charge in [-0.2, -0.15) is 13.2 Å². The van der Waals surface area contributed by atoms with Gasteiger partial charge < -0.3 is 9.64 Å². The van der Waals surface area contributed by atoms with Gasteiger partial charge in [0.25, 0.3) is 0 Å². The largest absolute Gasteiger partial charge is 0.494 e. The first kappa shape index (κ1) is 21.5. The van der Waals surface area contributed by atoms with Crippen molar-refractivity contribution in [1.82, 2.24) is 4.90 Å². The molecule has 0 unspecified atom stereocenters. The molecule has 0 aromatic heterocycles. The summed E-state index contributed by atoms with van der Waals surface area (Å²) in [5.74, 6) is 0.223. The van der Waals surface area contributed by atoms with Gasteiger partial charge in [-0.1, -0.05) is 12.1 Å². The molecule has 0 saturated carbocycles. The first-order chi connectivity index (χ1) is 14.6. The number of hydrogen-bond acceptors (Lipinski definition) is 4. The van der Waals surface area contributed by atoms with Crippen LogP contribution in [0.15, 0.2) is 48.5 Å². The standard InChI is InChI=1S/C21H21F3N2O4S/c1-2-30-17-8-6-16(7-9-17)26-19-13-31(28,29)12-18(19)25(20(26)27)11-14-4-3-5-15(10-14)21(22,23)24/h3-10,18-19H,2,11-13H2,1H3/t18-,19-/m1/s1. The lowest BCUT2D eigenvalue weighted by Gasteiger charge is -2.23. The summed E-state index contributed by atoms with van der Waals surface area (Å²) >= 11 is 0. The molecule has 2 heterocycles. The van der Waals surface area contributed by atoms with Crippen LogP contribution in [-0.4, -0.2) is 49.5 Å².